The molecule has 0 aromatic carbocycles. The van der Waals surface area contributed by atoms with Crippen LogP contribution in [0.3, 0.4) is 0 Å². The van der Waals surface area contributed by atoms with Crippen LogP contribution in [-0.2, 0) is 22.3 Å². The van der Waals surface area contributed by atoms with Crippen LogP contribution in [0.25, 0.3) is 0 Å². The van der Waals surface area contributed by atoms with Gasteiger partial charge in [0.2, 0.25) is 0 Å². The highest BCUT2D eigenvalue weighted by molar-refractivity contribution is 5.46. The van der Waals surface area contributed by atoms with Gasteiger partial charge in [0.1, 0.15) is 17.2 Å². The molecule has 1 atom stereocenters. The fourth-order valence-electron chi connectivity index (χ4n) is 3.66. The third-order valence-corrected chi connectivity index (χ3v) is 5.33. The van der Waals surface area contributed by atoms with Crippen LogP contribution < -0.4 is 11.1 Å². The van der Waals surface area contributed by atoms with Gasteiger partial charge in [0.05, 0.1) is 12.6 Å². The van der Waals surface area contributed by atoms with E-state index in [2.05, 4.69) is 28.9 Å². The van der Waals surface area contributed by atoms with Crippen LogP contribution in [0.2, 0.25) is 0 Å². The van der Waals surface area contributed by atoms with Crippen LogP contribution in [0.4, 0.5) is 5.82 Å². The number of nitrogens with zero attached hydrogens (tertiary/aromatic N) is 2. The van der Waals surface area contributed by atoms with Crippen molar-refractivity contribution >= 4 is 5.82 Å². The highest BCUT2D eigenvalue weighted by Crippen LogP contribution is 2.20. The standard InChI is InChI=1S/C24H42N4O2.C2H6/c1-19(30-24(2,3)4)22(25)13-16-28(17-18-29-5)15-7-6-10-21-12-11-20-9-8-14-26-23(20)27-21;1-2/h11-12,22H,1,6-10,13-18,25H2,2-5H3,(H,26,27);1-2H3. The summed E-state index contributed by atoms with van der Waals surface area (Å²) in [6.07, 6.45) is 6.44. The molecular weight excluding hydrogens is 400 g/mol. The summed E-state index contributed by atoms with van der Waals surface area (Å²) in [4.78, 5) is 7.23. The van der Waals surface area contributed by atoms with Gasteiger partial charge in [0.15, 0.2) is 0 Å². The van der Waals surface area contributed by atoms with Crippen molar-refractivity contribution in [3.63, 3.8) is 0 Å². The molecule has 3 N–H and O–H groups in total. The van der Waals surface area contributed by atoms with E-state index in [0.717, 1.165) is 70.7 Å². The van der Waals surface area contributed by atoms with Crippen LogP contribution in [0.5, 0.6) is 0 Å². The second-order valence-electron chi connectivity index (χ2n) is 9.21. The molecule has 0 radical (unpaired) electrons. The summed E-state index contributed by atoms with van der Waals surface area (Å²) in [5, 5.41) is 3.42. The van der Waals surface area contributed by atoms with Crippen molar-refractivity contribution in [1.82, 2.24) is 9.88 Å². The maximum Gasteiger partial charge on any atom is 0.129 e. The molecule has 6 nitrogen and oxygen atoms in total. The van der Waals surface area contributed by atoms with Crippen LogP contribution in [0.15, 0.2) is 24.5 Å². The van der Waals surface area contributed by atoms with Gasteiger partial charge in [-0.2, -0.15) is 0 Å². The lowest BCUT2D eigenvalue weighted by Crippen LogP contribution is -2.36. The largest absolute Gasteiger partial charge is 0.491 e. The molecule has 2 rings (SSSR count). The predicted octanol–water partition coefficient (Wildman–Crippen LogP) is 4.78. The summed E-state index contributed by atoms with van der Waals surface area (Å²) in [7, 11) is 1.75. The van der Waals surface area contributed by atoms with Crippen molar-refractivity contribution in [1.29, 1.82) is 0 Å². The minimum absolute atomic E-state index is 0.151. The van der Waals surface area contributed by atoms with Crippen molar-refractivity contribution in [2.24, 2.45) is 5.73 Å². The van der Waals surface area contributed by atoms with E-state index in [0.29, 0.717) is 5.76 Å². The summed E-state index contributed by atoms with van der Waals surface area (Å²) in [5.74, 6) is 1.76. The van der Waals surface area contributed by atoms with Gasteiger partial charge in [-0.25, -0.2) is 4.98 Å². The van der Waals surface area contributed by atoms with Gasteiger partial charge in [-0.3, -0.25) is 0 Å². The third-order valence-electron chi connectivity index (χ3n) is 5.33. The Morgan fingerprint density at radius 2 is 1.97 bits per heavy atom. The van der Waals surface area contributed by atoms with Crippen LogP contribution in [0.1, 0.15) is 71.6 Å². The summed E-state index contributed by atoms with van der Waals surface area (Å²) < 4.78 is 11.1. The van der Waals surface area contributed by atoms with Gasteiger partial charge in [0, 0.05) is 32.4 Å². The normalized spacial score (nSPS) is 14.1. The number of hydrogen-bond donors (Lipinski definition) is 2. The second kappa shape index (κ2) is 15.3. The molecule has 0 fully saturated rings. The molecule has 2 heterocycles. The first-order valence-corrected chi connectivity index (χ1v) is 12.4. The van der Waals surface area contributed by atoms with E-state index < -0.39 is 0 Å². The smallest absolute Gasteiger partial charge is 0.129 e. The molecule has 0 saturated carbocycles. The van der Waals surface area contributed by atoms with Gasteiger partial charge in [-0.1, -0.05) is 26.5 Å². The van der Waals surface area contributed by atoms with Crippen molar-refractivity contribution in [2.45, 2.75) is 84.8 Å². The van der Waals surface area contributed by atoms with E-state index in [4.69, 9.17) is 20.2 Å². The number of unbranched alkanes of at least 4 members (excludes halogenated alkanes) is 1. The van der Waals surface area contributed by atoms with E-state index in [9.17, 15) is 0 Å². The average molecular weight is 449 g/mol. The fourth-order valence-corrected chi connectivity index (χ4v) is 3.66. The minimum atomic E-state index is -0.259. The lowest BCUT2D eigenvalue weighted by atomic mass is 10.1. The lowest BCUT2D eigenvalue weighted by molar-refractivity contribution is 0.0415. The molecule has 6 heteroatoms. The Balaban J connectivity index is 0.00000249. The van der Waals surface area contributed by atoms with E-state index in [-0.39, 0.29) is 11.6 Å². The Morgan fingerprint density at radius 3 is 2.66 bits per heavy atom. The van der Waals surface area contributed by atoms with E-state index in [1.54, 1.807) is 7.11 Å². The summed E-state index contributed by atoms with van der Waals surface area (Å²) in [6, 6.07) is 4.28. The zero-order chi connectivity index (χ0) is 24.0. The Hall–Kier alpha value is -1.63. The molecule has 0 bridgehead atoms. The van der Waals surface area contributed by atoms with Gasteiger partial charge >= 0.3 is 0 Å². The summed E-state index contributed by atoms with van der Waals surface area (Å²) in [5.41, 5.74) is 8.57. The van der Waals surface area contributed by atoms with Gasteiger partial charge in [-0.15, -0.1) is 0 Å². The van der Waals surface area contributed by atoms with E-state index in [1.165, 1.54) is 17.7 Å². The molecule has 0 saturated heterocycles. The summed E-state index contributed by atoms with van der Waals surface area (Å²) in [6.45, 7) is 18.7. The molecule has 184 valence electrons. The Morgan fingerprint density at radius 1 is 1.22 bits per heavy atom. The number of aromatic nitrogens is 1. The highest BCUT2D eigenvalue weighted by atomic mass is 16.5. The number of fused-ring (bicyclic) bond motifs is 1. The molecule has 0 spiro atoms. The first-order chi connectivity index (χ1) is 15.3. The van der Waals surface area contributed by atoms with E-state index in [1.807, 2.05) is 34.6 Å². The highest BCUT2D eigenvalue weighted by Gasteiger charge is 2.18. The zero-order valence-electron chi connectivity index (χ0n) is 21.5. The average Bonchev–Trinajstić information content (AvgIpc) is 2.77. The molecule has 1 unspecified atom stereocenters. The van der Waals surface area contributed by atoms with Crippen LogP contribution in [0, 0.1) is 0 Å². The first kappa shape index (κ1) is 28.4. The van der Waals surface area contributed by atoms with Crippen LogP contribution in [-0.4, -0.2) is 61.4 Å². The van der Waals surface area contributed by atoms with Crippen LogP contribution >= 0.6 is 0 Å². The number of pyridine rings is 1. The number of rotatable bonds is 13. The second-order valence-corrected chi connectivity index (χ2v) is 9.21. The summed E-state index contributed by atoms with van der Waals surface area (Å²) >= 11 is 0. The Labute approximate surface area is 197 Å². The topological polar surface area (TPSA) is 72.6 Å². The van der Waals surface area contributed by atoms with Crippen molar-refractivity contribution in [2.75, 3.05) is 45.2 Å². The minimum Gasteiger partial charge on any atom is -0.491 e. The molecule has 1 aromatic rings. The number of nitrogens with two attached hydrogens (primary N) is 1. The maximum atomic E-state index is 6.29. The molecule has 1 aliphatic rings. The number of anilines is 1. The van der Waals surface area contributed by atoms with Crippen molar-refractivity contribution in [3.05, 3.63) is 35.7 Å². The SMILES string of the molecule is C=C(OC(C)(C)C)C(N)CCN(CCCCc1ccc2c(n1)NCCC2)CCOC.CC. The molecule has 1 aromatic heterocycles. The fraction of sp³-hybridized carbons (Fsp3) is 0.731. The molecule has 32 heavy (non-hydrogen) atoms. The lowest BCUT2D eigenvalue weighted by Gasteiger charge is -2.28. The first-order valence-electron chi connectivity index (χ1n) is 12.4. The Bertz CT molecular complexity index is 658. The van der Waals surface area contributed by atoms with E-state index >= 15 is 0 Å². The number of ether oxygens (including phenoxy) is 2. The number of aryl methyl sites for hydroxylation is 2. The maximum absolute atomic E-state index is 6.29. The molecule has 0 amide bonds. The number of methoxy groups -OCH3 is 1. The van der Waals surface area contributed by atoms with Gasteiger partial charge in [-0.05, 0) is 77.5 Å². The zero-order valence-corrected chi connectivity index (χ0v) is 21.5. The van der Waals surface area contributed by atoms with Crippen molar-refractivity contribution < 1.29 is 9.47 Å². The third kappa shape index (κ3) is 11.3. The number of nitrogens with one attached hydrogen (secondary N) is 1. The molecular formula is C26H48N4O2. The molecule has 0 aliphatic carbocycles. The predicted molar refractivity (Wildman–Crippen MR) is 136 cm³/mol. The Kier molecular flexibility index (Phi) is 13.5. The number of hydrogen-bond acceptors (Lipinski definition) is 6. The van der Waals surface area contributed by atoms with Gasteiger partial charge < -0.3 is 25.4 Å². The monoisotopic (exact) mass is 448 g/mol. The van der Waals surface area contributed by atoms with Gasteiger partial charge in [0.25, 0.3) is 0 Å². The quantitative estimate of drug-likeness (QED) is 0.334. The van der Waals surface area contributed by atoms with Crippen molar-refractivity contribution in [3.8, 4) is 0 Å². The molecule has 1 aliphatic heterocycles.